The summed E-state index contributed by atoms with van der Waals surface area (Å²) < 4.78 is 5.24. The molecule has 0 saturated carbocycles. The van der Waals surface area contributed by atoms with E-state index in [2.05, 4.69) is 27.3 Å². The maximum absolute atomic E-state index is 12.2. The van der Waals surface area contributed by atoms with Crippen molar-refractivity contribution in [2.75, 3.05) is 20.2 Å². The van der Waals surface area contributed by atoms with E-state index in [1.165, 1.54) is 5.56 Å². The van der Waals surface area contributed by atoms with Gasteiger partial charge in [-0.2, -0.15) is 0 Å². The van der Waals surface area contributed by atoms with Crippen molar-refractivity contribution in [3.8, 4) is 5.75 Å². The lowest BCUT2D eigenvalue weighted by atomic mass is 9.94. The van der Waals surface area contributed by atoms with E-state index in [0.29, 0.717) is 6.54 Å². The maximum atomic E-state index is 12.2. The monoisotopic (exact) mass is 369 g/mol. The first-order valence-electron chi connectivity index (χ1n) is 9.20. The highest BCUT2D eigenvalue weighted by Gasteiger charge is 2.34. The summed E-state index contributed by atoms with van der Waals surface area (Å²) in [6, 6.07) is 8.05. The van der Waals surface area contributed by atoms with Gasteiger partial charge in [0.1, 0.15) is 5.75 Å². The summed E-state index contributed by atoms with van der Waals surface area (Å²) >= 11 is 0. The second-order valence-corrected chi connectivity index (χ2v) is 7.29. The van der Waals surface area contributed by atoms with Crippen molar-refractivity contribution < 1.29 is 9.53 Å². The number of nitrogens with one attached hydrogen (secondary N) is 2. The van der Waals surface area contributed by atoms with Crippen molar-refractivity contribution in [1.29, 1.82) is 0 Å². The average Bonchev–Trinajstić information content (AvgIpc) is 3.04. The highest BCUT2D eigenvalue weighted by Crippen LogP contribution is 2.30. The number of aromatic nitrogens is 1. The smallest absolute Gasteiger partial charge is 0.217 e. The molecule has 27 heavy (non-hydrogen) atoms. The van der Waals surface area contributed by atoms with Gasteiger partial charge >= 0.3 is 0 Å². The third-order valence-electron chi connectivity index (χ3n) is 5.32. The molecule has 1 amide bonds. The van der Waals surface area contributed by atoms with E-state index < -0.39 is 0 Å². The Labute approximate surface area is 159 Å². The molecule has 6 heteroatoms. The lowest BCUT2D eigenvalue weighted by molar-refractivity contribution is -0.119. The molecule has 0 bridgehead atoms. The SMILES string of the molecule is COc1ccc(C2CN(Cc3[nH]cc(C)c(=O)c3C)CC2NC(C)=O)cc1. The van der Waals surface area contributed by atoms with E-state index in [9.17, 15) is 9.59 Å². The van der Waals surface area contributed by atoms with E-state index in [-0.39, 0.29) is 23.3 Å². The molecule has 2 heterocycles. The summed E-state index contributed by atoms with van der Waals surface area (Å²) in [6.45, 7) is 7.44. The van der Waals surface area contributed by atoms with Crippen LogP contribution in [0.3, 0.4) is 0 Å². The van der Waals surface area contributed by atoms with Gasteiger partial charge < -0.3 is 15.0 Å². The first-order chi connectivity index (χ1) is 12.9. The number of H-pyrrole nitrogens is 1. The van der Waals surface area contributed by atoms with Crippen molar-refractivity contribution in [1.82, 2.24) is 15.2 Å². The van der Waals surface area contributed by atoms with Crippen LogP contribution in [0.5, 0.6) is 5.75 Å². The largest absolute Gasteiger partial charge is 0.497 e. The van der Waals surface area contributed by atoms with Crippen LogP contribution in [0.25, 0.3) is 0 Å². The number of aromatic amines is 1. The van der Waals surface area contributed by atoms with Crippen molar-refractivity contribution in [2.24, 2.45) is 0 Å². The van der Waals surface area contributed by atoms with Gasteiger partial charge in [0, 0.05) is 61.5 Å². The Kier molecular flexibility index (Phi) is 5.65. The molecule has 0 aliphatic carbocycles. The predicted molar refractivity (Wildman–Crippen MR) is 105 cm³/mol. The van der Waals surface area contributed by atoms with Crippen LogP contribution in [0.15, 0.2) is 35.3 Å². The highest BCUT2D eigenvalue weighted by molar-refractivity contribution is 5.73. The Balaban J connectivity index is 1.81. The molecule has 0 spiro atoms. The molecule has 1 aliphatic heterocycles. The summed E-state index contributed by atoms with van der Waals surface area (Å²) in [5, 5.41) is 3.09. The van der Waals surface area contributed by atoms with Crippen LogP contribution < -0.4 is 15.5 Å². The first kappa shape index (κ1) is 19.2. The predicted octanol–water partition coefficient (Wildman–Crippen LogP) is 2.10. The van der Waals surface area contributed by atoms with Gasteiger partial charge in [-0.3, -0.25) is 14.5 Å². The molecule has 6 nitrogen and oxygen atoms in total. The Hall–Kier alpha value is -2.60. The molecule has 1 aliphatic rings. The van der Waals surface area contributed by atoms with E-state index in [1.54, 1.807) is 20.2 Å². The number of carbonyl (C=O) groups excluding carboxylic acids is 1. The van der Waals surface area contributed by atoms with Gasteiger partial charge in [0.25, 0.3) is 0 Å². The van der Waals surface area contributed by atoms with E-state index in [0.717, 1.165) is 35.7 Å². The number of rotatable bonds is 5. The number of ether oxygens (including phenoxy) is 1. The number of hydrogen-bond acceptors (Lipinski definition) is 4. The van der Waals surface area contributed by atoms with Gasteiger partial charge in [-0.25, -0.2) is 0 Å². The molecule has 1 aromatic heterocycles. The number of carbonyl (C=O) groups is 1. The zero-order valence-corrected chi connectivity index (χ0v) is 16.3. The Bertz CT molecular complexity index is 873. The summed E-state index contributed by atoms with van der Waals surface area (Å²) in [5.74, 6) is 0.982. The molecule has 1 fully saturated rings. The molecule has 144 valence electrons. The summed E-state index contributed by atoms with van der Waals surface area (Å²) in [5.41, 5.74) is 3.69. The van der Waals surface area contributed by atoms with Gasteiger partial charge in [-0.1, -0.05) is 12.1 Å². The number of pyridine rings is 1. The van der Waals surface area contributed by atoms with Crippen molar-refractivity contribution >= 4 is 5.91 Å². The fraction of sp³-hybridized carbons (Fsp3) is 0.429. The molecule has 3 rings (SSSR count). The number of amides is 1. The number of hydrogen-bond donors (Lipinski definition) is 2. The minimum Gasteiger partial charge on any atom is -0.497 e. The molecule has 2 aromatic rings. The molecule has 2 atom stereocenters. The van der Waals surface area contributed by atoms with Crippen LogP contribution in [0.4, 0.5) is 0 Å². The third kappa shape index (κ3) is 4.22. The van der Waals surface area contributed by atoms with E-state index in [4.69, 9.17) is 4.74 Å². The van der Waals surface area contributed by atoms with Gasteiger partial charge in [0.05, 0.1) is 7.11 Å². The molecular formula is C21H27N3O3. The number of nitrogens with zero attached hydrogens (tertiary/aromatic N) is 1. The molecule has 0 radical (unpaired) electrons. The highest BCUT2D eigenvalue weighted by atomic mass is 16.5. The Morgan fingerprint density at radius 1 is 1.26 bits per heavy atom. The minimum absolute atomic E-state index is 0.0275. The second kappa shape index (κ2) is 7.96. The summed E-state index contributed by atoms with van der Waals surface area (Å²) in [4.78, 5) is 29.4. The first-order valence-corrected chi connectivity index (χ1v) is 9.20. The average molecular weight is 369 g/mol. The Morgan fingerprint density at radius 2 is 1.96 bits per heavy atom. The number of likely N-dealkylation sites (tertiary alicyclic amines) is 1. The lowest BCUT2D eigenvalue weighted by Gasteiger charge is -2.19. The van der Waals surface area contributed by atoms with Crippen LogP contribution in [0.1, 0.15) is 35.2 Å². The minimum atomic E-state index is -0.0275. The normalized spacial score (nSPS) is 19.9. The van der Waals surface area contributed by atoms with Gasteiger partial charge in [0.2, 0.25) is 5.91 Å². The fourth-order valence-corrected chi connectivity index (χ4v) is 3.80. The molecular weight excluding hydrogens is 342 g/mol. The van der Waals surface area contributed by atoms with Crippen molar-refractivity contribution in [2.45, 2.75) is 39.3 Å². The summed E-state index contributed by atoms with van der Waals surface area (Å²) in [6.07, 6.45) is 1.77. The van der Waals surface area contributed by atoms with Crippen LogP contribution in [-0.4, -0.2) is 42.0 Å². The van der Waals surface area contributed by atoms with Crippen LogP contribution in [-0.2, 0) is 11.3 Å². The van der Waals surface area contributed by atoms with Gasteiger partial charge in [-0.05, 0) is 31.5 Å². The van der Waals surface area contributed by atoms with Crippen molar-refractivity contribution in [3.05, 3.63) is 63.1 Å². The summed E-state index contributed by atoms with van der Waals surface area (Å²) in [7, 11) is 1.65. The van der Waals surface area contributed by atoms with Crippen LogP contribution in [0.2, 0.25) is 0 Å². The number of aryl methyl sites for hydroxylation is 1. The molecule has 2 N–H and O–H groups in total. The molecule has 2 unspecified atom stereocenters. The quantitative estimate of drug-likeness (QED) is 0.847. The third-order valence-corrected chi connectivity index (χ3v) is 5.32. The number of benzene rings is 1. The standard InChI is InChI=1S/C21H27N3O3/c1-13-9-22-19(14(2)21(13)26)11-24-10-18(20(12-24)23-15(3)25)16-5-7-17(27-4)8-6-16/h5-9,18,20H,10-12H2,1-4H3,(H,22,26)(H,23,25). The second-order valence-electron chi connectivity index (χ2n) is 7.29. The zero-order chi connectivity index (χ0) is 19.6. The Morgan fingerprint density at radius 3 is 2.59 bits per heavy atom. The topological polar surface area (TPSA) is 74.4 Å². The molecule has 1 aromatic carbocycles. The van der Waals surface area contributed by atoms with Crippen molar-refractivity contribution in [3.63, 3.8) is 0 Å². The van der Waals surface area contributed by atoms with E-state index >= 15 is 0 Å². The van der Waals surface area contributed by atoms with Crippen LogP contribution >= 0.6 is 0 Å². The van der Waals surface area contributed by atoms with Crippen LogP contribution in [0, 0.1) is 13.8 Å². The number of methoxy groups -OCH3 is 1. The lowest BCUT2D eigenvalue weighted by Crippen LogP contribution is -2.38. The van der Waals surface area contributed by atoms with Gasteiger partial charge in [-0.15, -0.1) is 0 Å². The maximum Gasteiger partial charge on any atom is 0.217 e. The fourth-order valence-electron chi connectivity index (χ4n) is 3.80. The zero-order valence-electron chi connectivity index (χ0n) is 16.3. The molecule has 1 saturated heterocycles. The van der Waals surface area contributed by atoms with E-state index in [1.807, 2.05) is 26.0 Å². The van der Waals surface area contributed by atoms with Gasteiger partial charge in [0.15, 0.2) is 5.43 Å².